The number of carbonyl (C=O) groups excluding carboxylic acids is 3. The molecule has 0 aromatic heterocycles. The summed E-state index contributed by atoms with van der Waals surface area (Å²) in [6.45, 7) is 6.55. The minimum absolute atomic E-state index is 0.0663. The Morgan fingerprint density at radius 2 is 0.549 bits per heavy atom. The van der Waals surface area contributed by atoms with Crippen LogP contribution in [0.25, 0.3) is 0 Å². The molecule has 0 saturated heterocycles. The summed E-state index contributed by atoms with van der Waals surface area (Å²) in [4.78, 5) is 38.0. The van der Waals surface area contributed by atoms with E-state index >= 15 is 0 Å². The zero-order valence-electron chi connectivity index (χ0n) is 47.5. The van der Waals surface area contributed by atoms with E-state index in [1.807, 2.05) is 0 Å². The third-order valence-electron chi connectivity index (χ3n) is 13.8. The Bertz CT molecular complexity index is 1230. The van der Waals surface area contributed by atoms with Crippen molar-refractivity contribution in [1.82, 2.24) is 0 Å². The second kappa shape index (κ2) is 59.9. The summed E-state index contributed by atoms with van der Waals surface area (Å²) in [7, 11) is 0. The summed E-state index contributed by atoms with van der Waals surface area (Å²) in [5, 5.41) is 0. The fourth-order valence-corrected chi connectivity index (χ4v) is 9.20. The van der Waals surface area contributed by atoms with E-state index in [9.17, 15) is 14.4 Å². The van der Waals surface area contributed by atoms with Crippen molar-refractivity contribution in [2.75, 3.05) is 13.2 Å². The van der Waals surface area contributed by atoms with Crippen LogP contribution in [0.4, 0.5) is 0 Å². The predicted molar refractivity (Wildman–Crippen MR) is 307 cm³/mol. The molecule has 0 spiro atoms. The van der Waals surface area contributed by atoms with Gasteiger partial charge in [-0.15, -0.1) is 0 Å². The number of carbonyl (C=O) groups is 3. The van der Waals surface area contributed by atoms with Crippen LogP contribution in [0.1, 0.15) is 329 Å². The van der Waals surface area contributed by atoms with Gasteiger partial charge in [0.25, 0.3) is 0 Å². The van der Waals surface area contributed by atoms with Crippen molar-refractivity contribution in [3.63, 3.8) is 0 Å². The molecule has 0 heterocycles. The van der Waals surface area contributed by atoms with Gasteiger partial charge in [-0.25, -0.2) is 0 Å². The van der Waals surface area contributed by atoms with E-state index in [0.29, 0.717) is 19.3 Å². The van der Waals surface area contributed by atoms with Gasteiger partial charge in [-0.1, -0.05) is 301 Å². The maximum atomic E-state index is 12.8. The van der Waals surface area contributed by atoms with Crippen molar-refractivity contribution < 1.29 is 28.6 Å². The number of ether oxygens (including phenoxy) is 3. The van der Waals surface area contributed by atoms with Gasteiger partial charge in [-0.05, 0) is 57.8 Å². The van der Waals surface area contributed by atoms with E-state index < -0.39 is 6.10 Å². The SMILES string of the molecule is CC/C=C\C/C=C\C/C=C\C/C=C\CCCCCCCCCCCCCCCCCCCCC(=O)OCC(COC(=O)CCCCCCCCCCC)OC(=O)CCCCCCCCCCCCCCC. The Morgan fingerprint density at radius 3 is 0.859 bits per heavy atom. The number of esters is 3. The van der Waals surface area contributed by atoms with Crippen LogP contribution in [-0.4, -0.2) is 37.2 Å². The summed E-state index contributed by atoms with van der Waals surface area (Å²) in [5.41, 5.74) is 0. The van der Waals surface area contributed by atoms with Crippen molar-refractivity contribution in [2.45, 2.75) is 335 Å². The van der Waals surface area contributed by atoms with Crippen LogP contribution in [-0.2, 0) is 28.6 Å². The molecular formula is C65H118O6. The van der Waals surface area contributed by atoms with Crippen molar-refractivity contribution in [3.8, 4) is 0 Å². The van der Waals surface area contributed by atoms with Gasteiger partial charge >= 0.3 is 17.9 Å². The average Bonchev–Trinajstić information content (AvgIpc) is 3.37. The van der Waals surface area contributed by atoms with Crippen LogP contribution >= 0.6 is 0 Å². The van der Waals surface area contributed by atoms with Crippen LogP contribution in [0.5, 0.6) is 0 Å². The van der Waals surface area contributed by atoms with E-state index in [1.54, 1.807) is 0 Å². The fourth-order valence-electron chi connectivity index (χ4n) is 9.20. The van der Waals surface area contributed by atoms with E-state index in [1.165, 1.54) is 205 Å². The van der Waals surface area contributed by atoms with Gasteiger partial charge in [0, 0.05) is 19.3 Å². The molecule has 0 aromatic carbocycles. The van der Waals surface area contributed by atoms with E-state index in [-0.39, 0.29) is 31.1 Å². The lowest BCUT2D eigenvalue weighted by atomic mass is 10.0. The summed E-state index contributed by atoms with van der Waals surface area (Å²) < 4.78 is 16.8. The topological polar surface area (TPSA) is 78.9 Å². The van der Waals surface area contributed by atoms with Gasteiger partial charge in [0.15, 0.2) is 6.10 Å². The first-order valence-electron chi connectivity index (χ1n) is 31.1. The summed E-state index contributed by atoms with van der Waals surface area (Å²) in [6.07, 6.45) is 74.2. The second-order valence-electron chi connectivity index (χ2n) is 21.0. The number of allylic oxidation sites excluding steroid dienone is 8. The lowest BCUT2D eigenvalue weighted by molar-refractivity contribution is -0.167. The molecule has 0 aliphatic carbocycles. The molecule has 0 saturated carbocycles. The lowest BCUT2D eigenvalue weighted by Gasteiger charge is -2.18. The molecule has 6 heteroatoms. The summed E-state index contributed by atoms with van der Waals surface area (Å²) >= 11 is 0. The average molecular weight is 996 g/mol. The Kier molecular flexibility index (Phi) is 57.7. The highest BCUT2D eigenvalue weighted by Gasteiger charge is 2.19. The Morgan fingerprint density at radius 1 is 0.296 bits per heavy atom. The highest BCUT2D eigenvalue weighted by Crippen LogP contribution is 2.17. The van der Waals surface area contributed by atoms with Gasteiger partial charge in [0.1, 0.15) is 13.2 Å². The molecule has 0 radical (unpaired) electrons. The Hall–Kier alpha value is -2.63. The molecule has 0 aliphatic heterocycles. The van der Waals surface area contributed by atoms with E-state index in [2.05, 4.69) is 69.4 Å². The number of rotatable bonds is 57. The first-order valence-corrected chi connectivity index (χ1v) is 31.1. The number of hydrogen-bond acceptors (Lipinski definition) is 6. The third-order valence-corrected chi connectivity index (χ3v) is 13.8. The van der Waals surface area contributed by atoms with Crippen molar-refractivity contribution in [2.24, 2.45) is 0 Å². The number of hydrogen-bond donors (Lipinski definition) is 0. The molecule has 0 rings (SSSR count). The summed E-state index contributed by atoms with van der Waals surface area (Å²) in [6, 6.07) is 0. The quantitative estimate of drug-likeness (QED) is 0.0261. The highest BCUT2D eigenvalue weighted by molar-refractivity contribution is 5.71. The van der Waals surface area contributed by atoms with E-state index in [4.69, 9.17) is 14.2 Å². The minimum atomic E-state index is -0.765. The van der Waals surface area contributed by atoms with Crippen LogP contribution in [0.2, 0.25) is 0 Å². The molecule has 71 heavy (non-hydrogen) atoms. The first kappa shape index (κ1) is 68.4. The van der Waals surface area contributed by atoms with Crippen LogP contribution in [0.15, 0.2) is 48.6 Å². The van der Waals surface area contributed by atoms with Gasteiger partial charge in [0.05, 0.1) is 0 Å². The second-order valence-corrected chi connectivity index (χ2v) is 21.0. The maximum absolute atomic E-state index is 12.8. The van der Waals surface area contributed by atoms with Crippen molar-refractivity contribution in [3.05, 3.63) is 48.6 Å². The van der Waals surface area contributed by atoms with Gasteiger partial charge < -0.3 is 14.2 Å². The molecule has 1 unspecified atom stereocenters. The van der Waals surface area contributed by atoms with Crippen LogP contribution in [0.3, 0.4) is 0 Å². The monoisotopic (exact) mass is 995 g/mol. The zero-order valence-corrected chi connectivity index (χ0v) is 47.5. The normalized spacial score (nSPS) is 12.3. The van der Waals surface area contributed by atoms with Crippen LogP contribution in [0, 0.1) is 0 Å². The molecule has 414 valence electrons. The fraction of sp³-hybridized carbons (Fsp3) is 0.831. The molecule has 6 nitrogen and oxygen atoms in total. The molecular weight excluding hydrogens is 877 g/mol. The molecule has 0 amide bonds. The van der Waals surface area contributed by atoms with Crippen molar-refractivity contribution in [1.29, 1.82) is 0 Å². The molecule has 1 atom stereocenters. The standard InChI is InChI=1S/C65H118O6/c1-4-7-10-13-16-19-21-23-24-25-26-27-28-29-30-31-32-33-34-35-36-37-38-39-40-42-43-46-49-52-55-58-64(67)70-61-62(60-69-63(66)57-54-51-48-45-18-15-12-9-6-3)71-65(68)59-56-53-50-47-44-41-22-20-17-14-11-8-5-2/h7,10,16,19,23-24,26-27,62H,4-6,8-9,11-15,17-18,20-22,25,28-61H2,1-3H3/b10-7-,19-16-,24-23-,27-26-. The first-order chi connectivity index (χ1) is 35.0. The Labute approximate surface area is 441 Å². The molecule has 0 fully saturated rings. The van der Waals surface area contributed by atoms with Gasteiger partial charge in [-0.3, -0.25) is 14.4 Å². The maximum Gasteiger partial charge on any atom is 0.306 e. The minimum Gasteiger partial charge on any atom is -0.462 e. The molecule has 0 aliphatic rings. The van der Waals surface area contributed by atoms with Gasteiger partial charge in [0.2, 0.25) is 0 Å². The van der Waals surface area contributed by atoms with Crippen molar-refractivity contribution >= 4 is 17.9 Å². The molecule has 0 N–H and O–H groups in total. The summed E-state index contributed by atoms with van der Waals surface area (Å²) in [5.74, 6) is -0.849. The Balaban J connectivity index is 4.03. The largest absolute Gasteiger partial charge is 0.462 e. The van der Waals surface area contributed by atoms with Crippen LogP contribution < -0.4 is 0 Å². The predicted octanol–water partition coefficient (Wildman–Crippen LogP) is 21.0. The zero-order chi connectivity index (χ0) is 51.4. The van der Waals surface area contributed by atoms with E-state index in [0.717, 1.165) is 83.5 Å². The molecule has 0 aromatic rings. The highest BCUT2D eigenvalue weighted by atomic mass is 16.6. The number of unbranched alkanes of at least 4 members (excludes halogenated alkanes) is 38. The smallest absolute Gasteiger partial charge is 0.306 e. The third kappa shape index (κ3) is 58.1. The lowest BCUT2D eigenvalue weighted by Crippen LogP contribution is -2.30. The molecule has 0 bridgehead atoms. The van der Waals surface area contributed by atoms with Gasteiger partial charge in [-0.2, -0.15) is 0 Å².